The zero-order valence-electron chi connectivity index (χ0n) is 16.7. The van der Waals surface area contributed by atoms with E-state index in [1.165, 1.54) is 12.1 Å². The molecule has 0 spiro atoms. The van der Waals surface area contributed by atoms with Gasteiger partial charge in [0.15, 0.2) is 0 Å². The molecule has 2 aromatic heterocycles. The standard InChI is InChI=1S/C19H16FN3O8S/c1-28-17(25)13-11(14(18(26)29-2)32-15(13)21)8-30-12(24)7-23-19(27)31-16(22-23)9-3-5-10(20)6-4-9/h3-6H,7-8,21H2,1-2H3. The number of ether oxygens (including phenoxy) is 3. The highest BCUT2D eigenvalue weighted by Crippen LogP contribution is 2.33. The van der Waals surface area contributed by atoms with Crippen LogP contribution in [0.15, 0.2) is 33.5 Å². The zero-order chi connectivity index (χ0) is 23.4. The second kappa shape index (κ2) is 9.43. The quantitative estimate of drug-likeness (QED) is 0.402. The van der Waals surface area contributed by atoms with Crippen molar-refractivity contribution in [3.8, 4) is 11.5 Å². The summed E-state index contributed by atoms with van der Waals surface area (Å²) in [5.41, 5.74) is 6.03. The van der Waals surface area contributed by atoms with Crippen LogP contribution in [0.5, 0.6) is 0 Å². The highest BCUT2D eigenvalue weighted by molar-refractivity contribution is 7.18. The van der Waals surface area contributed by atoms with Gasteiger partial charge in [-0.05, 0) is 24.3 Å². The van der Waals surface area contributed by atoms with Gasteiger partial charge in [0.05, 0.1) is 14.2 Å². The third kappa shape index (κ3) is 4.67. The molecule has 1 aromatic carbocycles. The van der Waals surface area contributed by atoms with Crippen molar-refractivity contribution in [1.29, 1.82) is 0 Å². The minimum Gasteiger partial charge on any atom is -0.465 e. The first-order valence-electron chi connectivity index (χ1n) is 8.82. The van der Waals surface area contributed by atoms with Gasteiger partial charge in [-0.2, -0.15) is 4.68 Å². The van der Waals surface area contributed by atoms with Gasteiger partial charge in [0.1, 0.15) is 34.4 Å². The number of carbonyl (C=O) groups excluding carboxylic acids is 3. The highest BCUT2D eigenvalue weighted by Gasteiger charge is 2.28. The Kier molecular flexibility index (Phi) is 6.68. The number of carbonyl (C=O) groups is 3. The molecule has 0 radical (unpaired) electrons. The van der Waals surface area contributed by atoms with Gasteiger partial charge in [-0.25, -0.2) is 18.8 Å². The fourth-order valence-electron chi connectivity index (χ4n) is 2.64. The average Bonchev–Trinajstić information content (AvgIpc) is 3.31. The third-order valence-corrected chi connectivity index (χ3v) is 5.19. The van der Waals surface area contributed by atoms with Crippen LogP contribution in [0.2, 0.25) is 0 Å². The Morgan fingerprint density at radius 2 is 1.81 bits per heavy atom. The maximum atomic E-state index is 13.0. The molecule has 3 rings (SSSR count). The number of thiophene rings is 1. The molecule has 0 atom stereocenters. The van der Waals surface area contributed by atoms with Crippen molar-refractivity contribution >= 4 is 34.2 Å². The summed E-state index contributed by atoms with van der Waals surface area (Å²) >= 11 is 0.779. The molecule has 2 heterocycles. The Bertz CT molecular complexity index is 1230. The molecule has 0 unspecified atom stereocenters. The van der Waals surface area contributed by atoms with Crippen molar-refractivity contribution in [3.63, 3.8) is 0 Å². The topological polar surface area (TPSA) is 153 Å². The average molecular weight is 465 g/mol. The van der Waals surface area contributed by atoms with Crippen LogP contribution in [0, 0.1) is 5.82 Å². The van der Waals surface area contributed by atoms with E-state index in [2.05, 4.69) is 14.6 Å². The first-order chi connectivity index (χ1) is 15.2. The van der Waals surface area contributed by atoms with Gasteiger partial charge in [0.25, 0.3) is 0 Å². The molecule has 0 aliphatic carbocycles. The number of nitrogen functional groups attached to an aromatic ring is 1. The van der Waals surface area contributed by atoms with Crippen LogP contribution in [0.1, 0.15) is 25.6 Å². The largest absolute Gasteiger partial charge is 0.465 e. The Hall–Kier alpha value is -4.00. The second-order valence-corrected chi connectivity index (χ2v) is 7.18. The number of nitrogens with zero attached hydrogens (tertiary/aromatic N) is 2. The second-order valence-electron chi connectivity index (χ2n) is 6.13. The summed E-state index contributed by atoms with van der Waals surface area (Å²) in [5, 5.41) is 3.86. The fourth-order valence-corrected chi connectivity index (χ4v) is 3.62. The lowest BCUT2D eigenvalue weighted by Gasteiger charge is -2.07. The van der Waals surface area contributed by atoms with Crippen molar-refractivity contribution in [1.82, 2.24) is 9.78 Å². The molecule has 168 valence electrons. The van der Waals surface area contributed by atoms with E-state index in [1.54, 1.807) is 0 Å². The lowest BCUT2D eigenvalue weighted by atomic mass is 10.1. The summed E-state index contributed by atoms with van der Waals surface area (Å²) in [6.07, 6.45) is 0. The van der Waals surface area contributed by atoms with Crippen LogP contribution >= 0.6 is 11.3 Å². The molecular weight excluding hydrogens is 449 g/mol. The molecule has 0 fully saturated rings. The van der Waals surface area contributed by atoms with Crippen LogP contribution in [0.3, 0.4) is 0 Å². The number of rotatable bonds is 7. The van der Waals surface area contributed by atoms with Crippen molar-refractivity contribution in [2.45, 2.75) is 13.2 Å². The number of esters is 3. The first-order valence-corrected chi connectivity index (χ1v) is 9.64. The van der Waals surface area contributed by atoms with E-state index in [9.17, 15) is 23.6 Å². The van der Waals surface area contributed by atoms with Crippen LogP contribution in [0.4, 0.5) is 9.39 Å². The number of anilines is 1. The van der Waals surface area contributed by atoms with Gasteiger partial charge in [-0.15, -0.1) is 16.4 Å². The Morgan fingerprint density at radius 3 is 2.44 bits per heavy atom. The Morgan fingerprint density at radius 1 is 1.16 bits per heavy atom. The zero-order valence-corrected chi connectivity index (χ0v) is 17.6. The van der Waals surface area contributed by atoms with E-state index in [4.69, 9.17) is 14.9 Å². The van der Waals surface area contributed by atoms with Crippen LogP contribution < -0.4 is 11.5 Å². The van der Waals surface area contributed by atoms with Crippen molar-refractivity contribution < 1.29 is 37.4 Å². The highest BCUT2D eigenvalue weighted by atomic mass is 32.1. The van der Waals surface area contributed by atoms with Crippen LogP contribution in [0.25, 0.3) is 11.5 Å². The van der Waals surface area contributed by atoms with Crippen molar-refractivity contribution in [2.75, 3.05) is 20.0 Å². The van der Waals surface area contributed by atoms with E-state index >= 15 is 0 Å². The van der Waals surface area contributed by atoms with Crippen LogP contribution in [-0.4, -0.2) is 41.9 Å². The molecule has 0 aliphatic rings. The minimum atomic E-state index is -0.938. The van der Waals surface area contributed by atoms with Gasteiger partial charge in [-0.1, -0.05) is 0 Å². The molecule has 11 nitrogen and oxygen atoms in total. The lowest BCUT2D eigenvalue weighted by molar-refractivity contribution is -0.146. The fraction of sp³-hybridized carbons (Fsp3) is 0.211. The molecule has 0 saturated carbocycles. The Labute approximate surface area is 183 Å². The van der Waals surface area contributed by atoms with E-state index in [0.29, 0.717) is 10.2 Å². The van der Waals surface area contributed by atoms with Gasteiger partial charge in [0, 0.05) is 11.1 Å². The van der Waals surface area contributed by atoms with Crippen LogP contribution in [-0.2, 0) is 32.2 Å². The van der Waals surface area contributed by atoms with Gasteiger partial charge in [-0.3, -0.25) is 4.79 Å². The maximum Gasteiger partial charge on any atom is 0.437 e. The third-order valence-electron chi connectivity index (χ3n) is 4.15. The number of hydrogen-bond acceptors (Lipinski definition) is 11. The molecule has 0 amide bonds. The lowest BCUT2D eigenvalue weighted by Crippen LogP contribution is -2.23. The molecule has 2 N–H and O–H groups in total. The summed E-state index contributed by atoms with van der Waals surface area (Å²) in [5.74, 6) is -4.05. The summed E-state index contributed by atoms with van der Waals surface area (Å²) in [6.45, 7) is -1.14. The maximum absolute atomic E-state index is 13.0. The number of methoxy groups -OCH3 is 2. The van der Waals surface area contributed by atoms with Crippen molar-refractivity contribution in [2.24, 2.45) is 0 Å². The molecule has 0 bridgehead atoms. The normalized spacial score (nSPS) is 10.6. The summed E-state index contributed by atoms with van der Waals surface area (Å²) in [4.78, 5) is 48.2. The molecule has 0 saturated heterocycles. The van der Waals surface area contributed by atoms with E-state index in [-0.39, 0.29) is 26.9 Å². The van der Waals surface area contributed by atoms with Gasteiger partial charge < -0.3 is 24.4 Å². The summed E-state index contributed by atoms with van der Waals surface area (Å²) in [7, 11) is 2.27. The number of aromatic nitrogens is 2. The monoisotopic (exact) mass is 465 g/mol. The Balaban J connectivity index is 1.77. The first kappa shape index (κ1) is 22.7. The molecule has 13 heteroatoms. The summed E-state index contributed by atoms with van der Waals surface area (Å²) < 4.78 is 33.2. The van der Waals surface area contributed by atoms with E-state index in [1.807, 2.05) is 0 Å². The number of benzene rings is 1. The predicted octanol–water partition coefficient (Wildman–Crippen LogP) is 1.60. The number of halogens is 1. The number of nitrogens with two attached hydrogens (primary N) is 1. The SMILES string of the molecule is COC(=O)c1sc(N)c(C(=O)OC)c1COC(=O)Cn1nc(-c2ccc(F)cc2)oc1=O. The minimum absolute atomic E-state index is 0.0130. The molecule has 32 heavy (non-hydrogen) atoms. The predicted molar refractivity (Wildman–Crippen MR) is 107 cm³/mol. The molecular formula is C19H16FN3O8S. The van der Waals surface area contributed by atoms with Crippen molar-refractivity contribution in [3.05, 3.63) is 56.6 Å². The number of hydrogen-bond donors (Lipinski definition) is 1. The smallest absolute Gasteiger partial charge is 0.437 e. The molecule has 0 aliphatic heterocycles. The van der Waals surface area contributed by atoms with E-state index in [0.717, 1.165) is 37.7 Å². The van der Waals surface area contributed by atoms with Gasteiger partial charge in [0.2, 0.25) is 5.89 Å². The van der Waals surface area contributed by atoms with E-state index < -0.39 is 42.6 Å². The summed E-state index contributed by atoms with van der Waals surface area (Å²) in [6, 6.07) is 5.03. The van der Waals surface area contributed by atoms with Gasteiger partial charge >= 0.3 is 23.7 Å². The molecule has 3 aromatic rings.